The van der Waals surface area contributed by atoms with Gasteiger partial charge in [-0.15, -0.1) is 0 Å². The lowest BCUT2D eigenvalue weighted by molar-refractivity contribution is 0.0696. The molecule has 22 heavy (non-hydrogen) atoms. The molecule has 0 saturated carbocycles. The van der Waals surface area contributed by atoms with Gasteiger partial charge in [-0.25, -0.2) is 4.79 Å². The van der Waals surface area contributed by atoms with E-state index < -0.39 is 5.97 Å². The molecule has 0 spiro atoms. The minimum Gasteiger partial charge on any atom is -0.485 e. The van der Waals surface area contributed by atoms with Gasteiger partial charge in [-0.05, 0) is 42.2 Å². The van der Waals surface area contributed by atoms with Gasteiger partial charge in [-0.3, -0.25) is 0 Å². The smallest absolute Gasteiger partial charge is 0.335 e. The lowest BCUT2D eigenvalue weighted by Gasteiger charge is -2.26. The van der Waals surface area contributed by atoms with E-state index in [0.717, 1.165) is 35.5 Å². The Morgan fingerprint density at radius 2 is 1.77 bits per heavy atom. The van der Waals surface area contributed by atoms with Gasteiger partial charge in [0.05, 0.1) is 5.56 Å². The Morgan fingerprint density at radius 3 is 2.50 bits per heavy atom. The van der Waals surface area contributed by atoms with Crippen LogP contribution in [0.25, 0.3) is 0 Å². The number of aromatic carboxylic acids is 1. The molecule has 0 saturated heterocycles. The summed E-state index contributed by atoms with van der Waals surface area (Å²) in [5, 5.41) is 8.95. The number of carboxylic acid groups (broad SMARTS) is 1. The van der Waals surface area contributed by atoms with Crippen LogP contribution >= 0.6 is 0 Å². The molecule has 2 aliphatic rings. The zero-order chi connectivity index (χ0) is 15.1. The van der Waals surface area contributed by atoms with E-state index in [9.17, 15) is 4.79 Å². The minimum absolute atomic E-state index is 0.0734. The van der Waals surface area contributed by atoms with Crippen molar-refractivity contribution in [3.8, 4) is 17.2 Å². The summed E-state index contributed by atoms with van der Waals surface area (Å²) in [5.74, 6) is 1.37. The van der Waals surface area contributed by atoms with Gasteiger partial charge in [0, 0.05) is 6.07 Å². The molecule has 1 atom stereocenters. The standard InChI is InChI=1S/C17H14O5/c18-17(19)11-3-1-10(2-4-11)13-6-5-12-7-15-16(21-9-20-15)8-14(12)22-13/h1-4,7-8,13H,5-6,9H2,(H,18,19). The SMILES string of the molecule is O=C(O)c1ccc(C2CCc3cc4c(cc3O2)OCO4)cc1. The van der Waals surface area contributed by atoms with Crippen LogP contribution in [0.4, 0.5) is 0 Å². The van der Waals surface area contributed by atoms with E-state index in [1.165, 1.54) is 0 Å². The first-order valence-electron chi connectivity index (χ1n) is 7.13. The van der Waals surface area contributed by atoms with Gasteiger partial charge in [-0.2, -0.15) is 0 Å². The van der Waals surface area contributed by atoms with Gasteiger partial charge in [0.15, 0.2) is 11.5 Å². The van der Waals surface area contributed by atoms with Crippen LogP contribution in [-0.2, 0) is 6.42 Å². The normalized spacial score (nSPS) is 18.5. The summed E-state index contributed by atoms with van der Waals surface area (Å²) in [6.07, 6.45) is 1.66. The van der Waals surface area contributed by atoms with Gasteiger partial charge in [0.2, 0.25) is 6.79 Å². The van der Waals surface area contributed by atoms with Crippen LogP contribution in [0.5, 0.6) is 17.2 Å². The number of carbonyl (C=O) groups is 1. The van der Waals surface area contributed by atoms with Crippen LogP contribution in [0.15, 0.2) is 36.4 Å². The Bertz CT molecular complexity index is 735. The third-order valence-corrected chi connectivity index (χ3v) is 4.03. The molecule has 1 unspecified atom stereocenters. The highest BCUT2D eigenvalue weighted by Crippen LogP contribution is 2.43. The monoisotopic (exact) mass is 298 g/mol. The van der Waals surface area contributed by atoms with Crippen molar-refractivity contribution in [3.05, 3.63) is 53.1 Å². The Hall–Kier alpha value is -2.69. The first-order chi connectivity index (χ1) is 10.7. The number of aryl methyl sites for hydroxylation is 1. The lowest BCUT2D eigenvalue weighted by atomic mass is 9.96. The van der Waals surface area contributed by atoms with Crippen LogP contribution in [0.2, 0.25) is 0 Å². The molecule has 0 bridgehead atoms. The number of benzene rings is 2. The summed E-state index contributed by atoms with van der Waals surface area (Å²) in [6.45, 7) is 0.248. The van der Waals surface area contributed by atoms with E-state index in [4.69, 9.17) is 19.3 Å². The molecule has 0 fully saturated rings. The summed E-state index contributed by atoms with van der Waals surface area (Å²) >= 11 is 0. The molecular weight excluding hydrogens is 284 g/mol. The van der Waals surface area contributed by atoms with Gasteiger partial charge in [-0.1, -0.05) is 12.1 Å². The quantitative estimate of drug-likeness (QED) is 0.922. The fourth-order valence-corrected chi connectivity index (χ4v) is 2.84. The molecule has 0 amide bonds. The van der Waals surface area contributed by atoms with Crippen molar-refractivity contribution in [1.29, 1.82) is 0 Å². The second-order valence-electron chi connectivity index (χ2n) is 5.39. The highest BCUT2D eigenvalue weighted by molar-refractivity contribution is 5.87. The minimum atomic E-state index is -0.922. The van der Waals surface area contributed by atoms with E-state index in [2.05, 4.69) is 0 Å². The maximum atomic E-state index is 10.9. The van der Waals surface area contributed by atoms with Crippen molar-refractivity contribution in [2.75, 3.05) is 6.79 Å². The molecule has 4 rings (SSSR count). The molecule has 0 aliphatic carbocycles. The third kappa shape index (κ3) is 2.15. The van der Waals surface area contributed by atoms with Crippen molar-refractivity contribution < 1.29 is 24.1 Å². The maximum Gasteiger partial charge on any atom is 0.335 e. The zero-order valence-corrected chi connectivity index (χ0v) is 11.7. The molecule has 0 radical (unpaired) electrons. The van der Waals surface area contributed by atoms with Crippen LogP contribution in [0, 0.1) is 0 Å². The van der Waals surface area contributed by atoms with Crippen LogP contribution in [0.1, 0.15) is 34.0 Å². The summed E-state index contributed by atoms with van der Waals surface area (Å²) in [6, 6.07) is 10.7. The number of carboxylic acids is 1. The van der Waals surface area contributed by atoms with Crippen molar-refractivity contribution in [2.45, 2.75) is 18.9 Å². The van der Waals surface area contributed by atoms with Gasteiger partial charge < -0.3 is 19.3 Å². The molecule has 2 aliphatic heterocycles. The second-order valence-corrected chi connectivity index (χ2v) is 5.39. The molecule has 2 aromatic carbocycles. The first-order valence-corrected chi connectivity index (χ1v) is 7.13. The van der Waals surface area contributed by atoms with Gasteiger partial charge >= 0.3 is 5.97 Å². The van der Waals surface area contributed by atoms with E-state index in [0.29, 0.717) is 5.75 Å². The number of rotatable bonds is 2. The zero-order valence-electron chi connectivity index (χ0n) is 11.7. The fourth-order valence-electron chi connectivity index (χ4n) is 2.84. The van der Waals surface area contributed by atoms with Crippen LogP contribution in [0.3, 0.4) is 0 Å². The largest absolute Gasteiger partial charge is 0.485 e. The topological polar surface area (TPSA) is 65.0 Å². The predicted molar refractivity (Wildman–Crippen MR) is 77.7 cm³/mol. The summed E-state index contributed by atoms with van der Waals surface area (Å²) < 4.78 is 16.8. The molecular formula is C17H14O5. The highest BCUT2D eigenvalue weighted by atomic mass is 16.7. The second kappa shape index (κ2) is 4.94. The maximum absolute atomic E-state index is 10.9. The summed E-state index contributed by atoms with van der Waals surface area (Å²) in [7, 11) is 0. The Kier molecular flexibility index (Phi) is 2.92. The molecule has 5 heteroatoms. The third-order valence-electron chi connectivity index (χ3n) is 4.03. The van der Waals surface area contributed by atoms with Crippen LogP contribution in [-0.4, -0.2) is 17.9 Å². The molecule has 112 valence electrons. The molecule has 2 aromatic rings. The average molecular weight is 298 g/mol. The molecule has 0 aromatic heterocycles. The van der Waals surface area contributed by atoms with Crippen molar-refractivity contribution >= 4 is 5.97 Å². The Labute approximate surface area is 127 Å². The predicted octanol–water partition coefficient (Wildman–Crippen LogP) is 3.18. The summed E-state index contributed by atoms with van der Waals surface area (Å²) in [5.41, 5.74) is 2.37. The van der Waals surface area contributed by atoms with E-state index >= 15 is 0 Å². The van der Waals surface area contributed by atoms with Gasteiger partial charge in [0.25, 0.3) is 0 Å². The fraction of sp³-hybridized carbons (Fsp3) is 0.235. The number of ether oxygens (including phenoxy) is 3. The summed E-state index contributed by atoms with van der Waals surface area (Å²) in [4.78, 5) is 10.9. The lowest BCUT2D eigenvalue weighted by Crippen LogP contribution is -2.15. The highest BCUT2D eigenvalue weighted by Gasteiger charge is 2.25. The molecule has 5 nitrogen and oxygen atoms in total. The van der Waals surface area contributed by atoms with Crippen molar-refractivity contribution in [2.24, 2.45) is 0 Å². The van der Waals surface area contributed by atoms with E-state index in [-0.39, 0.29) is 18.5 Å². The van der Waals surface area contributed by atoms with Gasteiger partial charge in [0.1, 0.15) is 11.9 Å². The molecule has 1 N–H and O–H groups in total. The number of hydrogen-bond acceptors (Lipinski definition) is 4. The van der Waals surface area contributed by atoms with E-state index in [1.807, 2.05) is 24.3 Å². The Balaban J connectivity index is 1.60. The number of fused-ring (bicyclic) bond motifs is 2. The Morgan fingerprint density at radius 1 is 1.05 bits per heavy atom. The van der Waals surface area contributed by atoms with Crippen molar-refractivity contribution in [1.82, 2.24) is 0 Å². The van der Waals surface area contributed by atoms with E-state index in [1.54, 1.807) is 12.1 Å². The molecule has 2 heterocycles. The van der Waals surface area contributed by atoms with Crippen molar-refractivity contribution in [3.63, 3.8) is 0 Å². The number of hydrogen-bond donors (Lipinski definition) is 1. The average Bonchev–Trinajstić information content (AvgIpc) is 2.99. The van der Waals surface area contributed by atoms with Crippen LogP contribution < -0.4 is 14.2 Å². The first kappa shape index (κ1) is 13.0.